The highest BCUT2D eigenvalue weighted by Crippen LogP contribution is 2.27. The number of ether oxygens (including phenoxy) is 2. The second-order valence-corrected chi connectivity index (χ2v) is 7.15. The van der Waals surface area contributed by atoms with Crippen LogP contribution < -0.4 is 20.3 Å². The van der Waals surface area contributed by atoms with Crippen LogP contribution in [-0.2, 0) is 13.1 Å². The number of nitrogens with zero attached hydrogens (tertiary/aromatic N) is 2. The van der Waals surface area contributed by atoms with Gasteiger partial charge in [-0.05, 0) is 29.7 Å². The van der Waals surface area contributed by atoms with Gasteiger partial charge in [-0.15, -0.1) is 0 Å². The van der Waals surface area contributed by atoms with Crippen molar-refractivity contribution < 1.29 is 14.3 Å². The monoisotopic (exact) mass is 395 g/mol. The summed E-state index contributed by atoms with van der Waals surface area (Å²) in [5.41, 5.74) is 0.905. The molecule has 3 aromatic rings. The highest BCUT2D eigenvalue weighted by molar-refractivity contribution is 6.04. The predicted molar refractivity (Wildman–Crippen MR) is 112 cm³/mol. The van der Waals surface area contributed by atoms with Crippen LogP contribution in [0.2, 0.25) is 0 Å². The molecule has 2 aromatic carbocycles. The minimum absolute atomic E-state index is 0.189. The standard InChI is InChI=1S/C22H25N3O4/c1-14(2)13-25-22(27)17-8-6-5-7-16(17)20(24-25)21(26)23-12-15-9-10-18(28-3)19(11-15)29-4/h5-11,14H,12-13H2,1-4H3,(H,23,26). The van der Waals surface area contributed by atoms with E-state index in [-0.39, 0.29) is 23.1 Å². The summed E-state index contributed by atoms with van der Waals surface area (Å²) in [5.74, 6) is 1.10. The van der Waals surface area contributed by atoms with Crippen molar-refractivity contribution in [2.45, 2.75) is 26.9 Å². The maximum atomic E-state index is 12.9. The third-order valence-corrected chi connectivity index (χ3v) is 4.52. The van der Waals surface area contributed by atoms with E-state index in [1.807, 2.05) is 26.0 Å². The van der Waals surface area contributed by atoms with E-state index in [1.54, 1.807) is 44.6 Å². The molecule has 0 bridgehead atoms. The molecule has 0 aliphatic rings. The molecule has 0 saturated heterocycles. The smallest absolute Gasteiger partial charge is 0.274 e. The van der Waals surface area contributed by atoms with Crippen LogP contribution in [0.4, 0.5) is 0 Å². The number of aromatic nitrogens is 2. The number of carbonyl (C=O) groups is 1. The van der Waals surface area contributed by atoms with E-state index in [4.69, 9.17) is 9.47 Å². The van der Waals surface area contributed by atoms with Gasteiger partial charge in [-0.2, -0.15) is 5.10 Å². The summed E-state index contributed by atoms with van der Waals surface area (Å²) in [6.45, 7) is 4.73. The van der Waals surface area contributed by atoms with Crippen LogP contribution in [-0.4, -0.2) is 29.9 Å². The number of hydrogen-bond donors (Lipinski definition) is 1. The normalized spacial score (nSPS) is 10.9. The fraction of sp³-hybridized carbons (Fsp3) is 0.318. The van der Waals surface area contributed by atoms with Crippen LogP contribution in [0.3, 0.4) is 0 Å². The topological polar surface area (TPSA) is 82.5 Å². The number of amides is 1. The Morgan fingerprint density at radius 2 is 1.76 bits per heavy atom. The summed E-state index contributed by atoms with van der Waals surface area (Å²) in [5, 5.41) is 8.27. The van der Waals surface area contributed by atoms with Gasteiger partial charge in [0.1, 0.15) is 0 Å². The van der Waals surface area contributed by atoms with Gasteiger partial charge in [-0.1, -0.05) is 38.1 Å². The van der Waals surface area contributed by atoms with Crippen molar-refractivity contribution >= 4 is 16.7 Å². The number of nitrogens with one attached hydrogen (secondary N) is 1. The van der Waals surface area contributed by atoms with Gasteiger partial charge in [0, 0.05) is 18.5 Å². The Balaban J connectivity index is 1.91. The zero-order valence-electron chi connectivity index (χ0n) is 17.1. The molecule has 152 valence electrons. The van der Waals surface area contributed by atoms with Crippen molar-refractivity contribution in [2.75, 3.05) is 14.2 Å². The fourth-order valence-electron chi connectivity index (χ4n) is 3.13. The average Bonchev–Trinajstić information content (AvgIpc) is 2.73. The molecule has 1 aromatic heterocycles. The van der Waals surface area contributed by atoms with E-state index >= 15 is 0 Å². The van der Waals surface area contributed by atoms with Crippen molar-refractivity contribution in [1.29, 1.82) is 0 Å². The van der Waals surface area contributed by atoms with Gasteiger partial charge in [0.05, 0.1) is 19.6 Å². The number of benzene rings is 2. The lowest BCUT2D eigenvalue weighted by Crippen LogP contribution is -2.31. The van der Waals surface area contributed by atoms with Gasteiger partial charge in [0.2, 0.25) is 0 Å². The first kappa shape index (κ1) is 20.4. The zero-order chi connectivity index (χ0) is 21.0. The van der Waals surface area contributed by atoms with Gasteiger partial charge >= 0.3 is 0 Å². The molecule has 7 nitrogen and oxygen atoms in total. The van der Waals surface area contributed by atoms with Crippen LogP contribution in [0.25, 0.3) is 10.8 Å². The molecule has 0 aliphatic carbocycles. The molecular formula is C22H25N3O4. The van der Waals surface area contributed by atoms with Crippen molar-refractivity contribution in [3.8, 4) is 11.5 Å². The van der Waals surface area contributed by atoms with Gasteiger partial charge < -0.3 is 14.8 Å². The molecule has 0 unspecified atom stereocenters. The lowest BCUT2D eigenvalue weighted by Gasteiger charge is -2.13. The molecular weight excluding hydrogens is 370 g/mol. The molecule has 1 amide bonds. The Labute approximate surface area is 169 Å². The summed E-state index contributed by atoms with van der Waals surface area (Å²) in [6.07, 6.45) is 0. The van der Waals surface area contributed by atoms with E-state index < -0.39 is 0 Å². The minimum Gasteiger partial charge on any atom is -0.493 e. The van der Waals surface area contributed by atoms with E-state index in [9.17, 15) is 9.59 Å². The molecule has 7 heteroatoms. The molecule has 29 heavy (non-hydrogen) atoms. The first-order valence-electron chi connectivity index (χ1n) is 9.43. The van der Waals surface area contributed by atoms with Crippen LogP contribution in [0.1, 0.15) is 29.9 Å². The lowest BCUT2D eigenvalue weighted by molar-refractivity contribution is 0.0945. The third kappa shape index (κ3) is 4.39. The van der Waals surface area contributed by atoms with Crippen LogP contribution in [0.5, 0.6) is 11.5 Å². The van der Waals surface area contributed by atoms with E-state index in [2.05, 4.69) is 10.4 Å². The number of hydrogen-bond acceptors (Lipinski definition) is 5. The molecule has 0 spiro atoms. The fourth-order valence-corrected chi connectivity index (χ4v) is 3.13. The maximum Gasteiger partial charge on any atom is 0.274 e. The number of fused-ring (bicyclic) bond motifs is 1. The van der Waals surface area contributed by atoms with Crippen molar-refractivity contribution in [2.24, 2.45) is 5.92 Å². The molecule has 3 rings (SSSR count). The second-order valence-electron chi connectivity index (χ2n) is 7.15. The summed E-state index contributed by atoms with van der Waals surface area (Å²) in [7, 11) is 3.14. The Morgan fingerprint density at radius 1 is 1.07 bits per heavy atom. The van der Waals surface area contributed by atoms with Crippen LogP contribution >= 0.6 is 0 Å². The third-order valence-electron chi connectivity index (χ3n) is 4.52. The average molecular weight is 395 g/mol. The van der Waals surface area contributed by atoms with Gasteiger partial charge in [-0.3, -0.25) is 9.59 Å². The summed E-state index contributed by atoms with van der Waals surface area (Å²) < 4.78 is 11.9. The molecule has 0 fully saturated rings. The van der Waals surface area contributed by atoms with Crippen molar-refractivity contribution in [3.05, 3.63) is 64.1 Å². The quantitative estimate of drug-likeness (QED) is 0.665. The van der Waals surface area contributed by atoms with E-state index in [0.717, 1.165) is 5.56 Å². The predicted octanol–water partition coefficient (Wildman–Crippen LogP) is 3.00. The molecule has 0 aliphatic heterocycles. The zero-order valence-corrected chi connectivity index (χ0v) is 17.1. The van der Waals surface area contributed by atoms with E-state index in [1.165, 1.54) is 4.68 Å². The van der Waals surface area contributed by atoms with Crippen LogP contribution in [0, 0.1) is 5.92 Å². The maximum absolute atomic E-state index is 12.9. The molecule has 0 atom stereocenters. The largest absolute Gasteiger partial charge is 0.493 e. The molecule has 0 radical (unpaired) electrons. The summed E-state index contributed by atoms with van der Waals surface area (Å²) in [4.78, 5) is 25.6. The summed E-state index contributed by atoms with van der Waals surface area (Å²) >= 11 is 0. The van der Waals surface area contributed by atoms with Crippen molar-refractivity contribution in [3.63, 3.8) is 0 Å². The second kappa shape index (κ2) is 8.77. The number of carbonyl (C=O) groups excluding carboxylic acids is 1. The number of methoxy groups -OCH3 is 2. The first-order valence-corrected chi connectivity index (χ1v) is 9.43. The Morgan fingerprint density at radius 3 is 2.41 bits per heavy atom. The highest BCUT2D eigenvalue weighted by atomic mass is 16.5. The van der Waals surface area contributed by atoms with E-state index in [0.29, 0.717) is 35.4 Å². The lowest BCUT2D eigenvalue weighted by atomic mass is 10.1. The van der Waals surface area contributed by atoms with Gasteiger partial charge in [-0.25, -0.2) is 4.68 Å². The first-order chi connectivity index (χ1) is 13.9. The SMILES string of the molecule is COc1ccc(CNC(=O)c2nn(CC(C)C)c(=O)c3ccccc23)cc1OC. The Kier molecular flexibility index (Phi) is 6.16. The minimum atomic E-state index is -0.339. The number of rotatable bonds is 7. The van der Waals surface area contributed by atoms with Crippen molar-refractivity contribution in [1.82, 2.24) is 15.1 Å². The highest BCUT2D eigenvalue weighted by Gasteiger charge is 2.17. The Bertz CT molecular complexity index is 1090. The van der Waals surface area contributed by atoms with Gasteiger partial charge in [0.25, 0.3) is 11.5 Å². The summed E-state index contributed by atoms with van der Waals surface area (Å²) in [6, 6.07) is 12.5. The van der Waals surface area contributed by atoms with Crippen LogP contribution in [0.15, 0.2) is 47.3 Å². The molecule has 0 saturated carbocycles. The molecule has 1 N–H and O–H groups in total. The Hall–Kier alpha value is -3.35. The molecule has 1 heterocycles. The van der Waals surface area contributed by atoms with Gasteiger partial charge in [0.15, 0.2) is 17.2 Å².